The van der Waals surface area contributed by atoms with Crippen molar-refractivity contribution in [1.29, 1.82) is 0 Å². The third kappa shape index (κ3) is 4.80. The zero-order chi connectivity index (χ0) is 20.1. The van der Waals surface area contributed by atoms with Crippen LogP contribution in [0.25, 0.3) is 10.9 Å². The van der Waals surface area contributed by atoms with Crippen LogP contribution in [-0.2, 0) is 7.05 Å². The second-order valence-electron chi connectivity index (χ2n) is 6.70. The van der Waals surface area contributed by atoms with Crippen molar-refractivity contribution in [3.8, 4) is 5.75 Å². The molecule has 8 nitrogen and oxygen atoms in total. The molecule has 0 aliphatic carbocycles. The summed E-state index contributed by atoms with van der Waals surface area (Å²) in [6, 6.07) is 17.2. The molecule has 4 rings (SSSR count). The molecule has 8 heteroatoms. The molecule has 0 unspecified atom stereocenters. The number of para-hydroxylation sites is 1. The summed E-state index contributed by atoms with van der Waals surface area (Å²) in [5.41, 5.74) is 7.99. The highest BCUT2D eigenvalue weighted by atomic mass is 16.5. The number of nitrogens with one attached hydrogen (secondary N) is 2. The molecular weight excluding hydrogens is 366 g/mol. The summed E-state index contributed by atoms with van der Waals surface area (Å²) in [5, 5.41) is 12.0. The molecule has 0 saturated heterocycles. The first kappa shape index (κ1) is 18.7. The normalized spacial score (nSPS) is 11.9. The van der Waals surface area contributed by atoms with E-state index in [9.17, 15) is 0 Å². The molecule has 148 valence electrons. The van der Waals surface area contributed by atoms with Crippen LogP contribution in [0.5, 0.6) is 5.75 Å². The van der Waals surface area contributed by atoms with Crippen molar-refractivity contribution in [3.63, 3.8) is 0 Å². The van der Waals surface area contributed by atoms with Crippen LogP contribution >= 0.6 is 0 Å². The molecule has 0 aliphatic rings. The second-order valence-corrected chi connectivity index (χ2v) is 6.70. The van der Waals surface area contributed by atoms with Crippen LogP contribution in [0.1, 0.15) is 0 Å². The van der Waals surface area contributed by atoms with Crippen LogP contribution < -0.4 is 21.1 Å². The van der Waals surface area contributed by atoms with E-state index in [1.807, 2.05) is 67.8 Å². The third-order valence-electron chi connectivity index (χ3n) is 4.31. The fraction of sp³-hybridized carbons (Fsp3) is 0.190. The second kappa shape index (κ2) is 8.57. The van der Waals surface area contributed by atoms with Crippen molar-refractivity contribution < 1.29 is 4.74 Å². The van der Waals surface area contributed by atoms with Crippen LogP contribution in [0.2, 0.25) is 0 Å². The molecule has 0 aliphatic heterocycles. The maximum absolute atomic E-state index is 6.13. The monoisotopic (exact) mass is 389 g/mol. The van der Waals surface area contributed by atoms with Gasteiger partial charge in [-0.1, -0.05) is 24.3 Å². The van der Waals surface area contributed by atoms with Crippen LogP contribution in [0.15, 0.2) is 67.0 Å². The summed E-state index contributed by atoms with van der Waals surface area (Å²) in [4.78, 5) is 8.78. The van der Waals surface area contributed by atoms with Gasteiger partial charge in [0, 0.05) is 31.4 Å². The fourth-order valence-corrected chi connectivity index (χ4v) is 2.92. The largest absolute Gasteiger partial charge is 0.492 e. The van der Waals surface area contributed by atoms with Crippen molar-refractivity contribution >= 4 is 28.4 Å². The number of aromatic nitrogens is 4. The van der Waals surface area contributed by atoms with E-state index in [1.165, 1.54) is 0 Å². The number of benzene rings is 2. The Morgan fingerprint density at radius 3 is 2.83 bits per heavy atom. The van der Waals surface area contributed by atoms with E-state index in [0.717, 1.165) is 22.3 Å². The molecular formula is C21H23N7O. The van der Waals surface area contributed by atoms with E-state index >= 15 is 0 Å². The number of aryl methyl sites for hydroxylation is 1. The number of ether oxygens (including phenoxy) is 1. The van der Waals surface area contributed by atoms with Gasteiger partial charge >= 0.3 is 0 Å². The lowest BCUT2D eigenvalue weighted by atomic mass is 10.2. The van der Waals surface area contributed by atoms with E-state index in [2.05, 4.69) is 25.7 Å². The molecule has 2 aromatic carbocycles. The molecule has 0 spiro atoms. The maximum Gasteiger partial charge on any atom is 0.224 e. The summed E-state index contributed by atoms with van der Waals surface area (Å²) in [6.45, 7) is 0.895. The average molecular weight is 389 g/mol. The van der Waals surface area contributed by atoms with Gasteiger partial charge in [0.25, 0.3) is 0 Å². The quantitative estimate of drug-likeness (QED) is 0.426. The molecule has 1 atom stereocenters. The minimum Gasteiger partial charge on any atom is -0.492 e. The fourth-order valence-electron chi connectivity index (χ4n) is 2.92. The summed E-state index contributed by atoms with van der Waals surface area (Å²) in [7, 11) is 1.90. The molecule has 29 heavy (non-hydrogen) atoms. The van der Waals surface area contributed by atoms with Crippen molar-refractivity contribution in [2.45, 2.75) is 6.04 Å². The number of nitrogens with zero attached hydrogens (tertiary/aromatic N) is 4. The first-order valence-electron chi connectivity index (χ1n) is 9.37. The Labute approximate surface area is 168 Å². The van der Waals surface area contributed by atoms with Crippen LogP contribution in [0, 0.1) is 0 Å². The van der Waals surface area contributed by atoms with Gasteiger partial charge in [0.15, 0.2) is 0 Å². The minimum atomic E-state index is -0.195. The van der Waals surface area contributed by atoms with Crippen molar-refractivity contribution in [2.75, 3.05) is 23.8 Å². The summed E-state index contributed by atoms with van der Waals surface area (Å²) in [5.74, 6) is 1.99. The molecule has 0 amide bonds. The number of hydrogen-bond donors (Lipinski definition) is 3. The number of hydrogen-bond acceptors (Lipinski definition) is 7. The Morgan fingerprint density at radius 1 is 1.10 bits per heavy atom. The van der Waals surface area contributed by atoms with Gasteiger partial charge in [-0.05, 0) is 30.3 Å². The first-order valence-corrected chi connectivity index (χ1v) is 9.37. The number of anilines is 3. The Hall–Kier alpha value is -3.65. The molecule has 4 N–H and O–H groups in total. The van der Waals surface area contributed by atoms with Crippen molar-refractivity contribution in [2.24, 2.45) is 12.8 Å². The molecule has 2 heterocycles. The van der Waals surface area contributed by atoms with Crippen LogP contribution in [0.3, 0.4) is 0 Å². The first-order chi connectivity index (χ1) is 14.2. The number of nitrogens with two attached hydrogens (primary N) is 1. The lowest BCUT2D eigenvalue weighted by Gasteiger charge is -2.14. The summed E-state index contributed by atoms with van der Waals surface area (Å²) >= 11 is 0. The molecule has 4 aromatic rings. The van der Waals surface area contributed by atoms with Gasteiger partial charge in [-0.25, -0.2) is 4.98 Å². The summed E-state index contributed by atoms with van der Waals surface area (Å²) < 4.78 is 7.47. The van der Waals surface area contributed by atoms with Crippen LogP contribution in [0.4, 0.5) is 17.5 Å². The SMILES string of the molecule is Cn1cc2c(Nc3ccnc(NC[C@@H](N)COc4ccccc4)n3)cccc2n1. The topological polar surface area (TPSA) is 103 Å². The number of fused-ring (bicyclic) bond motifs is 1. The Balaban J connectivity index is 1.36. The van der Waals surface area contributed by atoms with Gasteiger partial charge in [-0.15, -0.1) is 0 Å². The highest BCUT2D eigenvalue weighted by Crippen LogP contribution is 2.25. The lowest BCUT2D eigenvalue weighted by Crippen LogP contribution is -2.35. The third-order valence-corrected chi connectivity index (χ3v) is 4.31. The smallest absolute Gasteiger partial charge is 0.224 e. The molecule has 2 aromatic heterocycles. The van der Waals surface area contributed by atoms with Gasteiger partial charge in [0.2, 0.25) is 5.95 Å². The maximum atomic E-state index is 6.13. The zero-order valence-electron chi connectivity index (χ0n) is 16.1. The van der Waals surface area contributed by atoms with Crippen molar-refractivity contribution in [3.05, 3.63) is 67.0 Å². The summed E-state index contributed by atoms with van der Waals surface area (Å²) in [6.07, 6.45) is 3.68. The highest BCUT2D eigenvalue weighted by Gasteiger charge is 2.08. The number of rotatable bonds is 8. The zero-order valence-corrected chi connectivity index (χ0v) is 16.1. The van der Waals surface area contributed by atoms with E-state index in [4.69, 9.17) is 10.5 Å². The van der Waals surface area contributed by atoms with E-state index < -0.39 is 0 Å². The Morgan fingerprint density at radius 2 is 1.97 bits per heavy atom. The van der Waals surface area contributed by atoms with Gasteiger partial charge in [-0.3, -0.25) is 4.68 Å². The molecule has 0 saturated carbocycles. The molecule has 0 bridgehead atoms. The van der Waals surface area contributed by atoms with Gasteiger partial charge in [0.05, 0.1) is 17.2 Å². The van der Waals surface area contributed by atoms with Gasteiger partial charge in [0.1, 0.15) is 18.2 Å². The van der Waals surface area contributed by atoms with Crippen LogP contribution in [-0.4, -0.2) is 38.9 Å². The molecule has 0 radical (unpaired) electrons. The van der Waals surface area contributed by atoms with E-state index in [1.54, 1.807) is 10.9 Å². The van der Waals surface area contributed by atoms with Gasteiger partial charge < -0.3 is 21.1 Å². The van der Waals surface area contributed by atoms with Gasteiger partial charge in [-0.2, -0.15) is 10.1 Å². The van der Waals surface area contributed by atoms with Crippen molar-refractivity contribution in [1.82, 2.24) is 19.7 Å². The predicted molar refractivity (Wildman–Crippen MR) is 114 cm³/mol. The lowest BCUT2D eigenvalue weighted by molar-refractivity contribution is 0.293. The standard InChI is InChI=1S/C21H23N7O/c1-28-13-17-18(8-5-9-19(17)27-28)25-20-10-11-23-21(26-20)24-12-15(22)14-29-16-6-3-2-4-7-16/h2-11,13,15H,12,14,22H2,1H3,(H2,23,24,25,26)/t15-/m1/s1. The highest BCUT2D eigenvalue weighted by molar-refractivity contribution is 5.92. The molecule has 0 fully saturated rings. The van der Waals surface area contributed by atoms with E-state index in [0.29, 0.717) is 24.9 Å². The Bertz CT molecular complexity index is 1080. The predicted octanol–water partition coefficient (Wildman–Crippen LogP) is 2.93. The minimum absolute atomic E-state index is 0.195. The van der Waals surface area contributed by atoms with E-state index in [-0.39, 0.29) is 6.04 Å². The average Bonchev–Trinajstić information content (AvgIpc) is 3.13. The Kier molecular flexibility index (Phi) is 5.53.